The van der Waals surface area contributed by atoms with Crippen LogP contribution in [0.25, 0.3) is 0 Å². The van der Waals surface area contributed by atoms with Crippen molar-refractivity contribution in [2.75, 3.05) is 31.0 Å². The van der Waals surface area contributed by atoms with Crippen molar-refractivity contribution in [2.45, 2.75) is 37.4 Å². The monoisotopic (exact) mass is 309 g/mol. The predicted octanol–water partition coefficient (Wildman–Crippen LogP) is 3.10. The Morgan fingerprint density at radius 3 is 2.86 bits per heavy atom. The lowest BCUT2D eigenvalue weighted by molar-refractivity contribution is -0.116. The summed E-state index contributed by atoms with van der Waals surface area (Å²) in [6, 6.07) is 5.55. The predicted molar refractivity (Wildman–Crippen MR) is 86.3 cm³/mol. The van der Waals surface area contributed by atoms with Crippen LogP contribution in [0.15, 0.2) is 18.2 Å². The van der Waals surface area contributed by atoms with Crippen LogP contribution in [-0.2, 0) is 4.74 Å². The molecule has 1 aromatic rings. The lowest BCUT2D eigenvalue weighted by Crippen LogP contribution is -2.46. The first-order chi connectivity index (χ1) is 10.2. The SMILES string of the molecule is COc1cc(N)ccc1OC1CCOC2(CCSCC2)C1. The van der Waals surface area contributed by atoms with Crippen molar-refractivity contribution >= 4 is 17.4 Å². The van der Waals surface area contributed by atoms with E-state index in [0.29, 0.717) is 11.4 Å². The van der Waals surface area contributed by atoms with Crippen LogP contribution in [0.2, 0.25) is 0 Å². The molecule has 2 aliphatic rings. The van der Waals surface area contributed by atoms with Crippen LogP contribution in [0.5, 0.6) is 11.5 Å². The lowest BCUT2D eigenvalue weighted by atomic mass is 9.86. The molecule has 2 saturated heterocycles. The van der Waals surface area contributed by atoms with Crippen molar-refractivity contribution in [1.82, 2.24) is 0 Å². The number of rotatable bonds is 3. The molecule has 2 N–H and O–H groups in total. The zero-order chi connectivity index (χ0) is 14.7. The number of thioether (sulfide) groups is 1. The summed E-state index contributed by atoms with van der Waals surface area (Å²) in [5, 5.41) is 0. The van der Waals surface area contributed by atoms with Gasteiger partial charge in [0.1, 0.15) is 6.10 Å². The van der Waals surface area contributed by atoms with Crippen molar-refractivity contribution in [3.05, 3.63) is 18.2 Å². The van der Waals surface area contributed by atoms with E-state index < -0.39 is 0 Å². The third-order valence-electron chi connectivity index (χ3n) is 4.33. The molecule has 2 heterocycles. The Morgan fingerprint density at radius 1 is 1.29 bits per heavy atom. The summed E-state index contributed by atoms with van der Waals surface area (Å²) in [5.41, 5.74) is 6.51. The molecular formula is C16H23NO3S. The molecule has 0 saturated carbocycles. The van der Waals surface area contributed by atoms with Gasteiger partial charge in [0, 0.05) is 24.6 Å². The van der Waals surface area contributed by atoms with Gasteiger partial charge < -0.3 is 19.9 Å². The Labute approximate surface area is 130 Å². The quantitative estimate of drug-likeness (QED) is 0.870. The molecule has 0 aliphatic carbocycles. The average molecular weight is 309 g/mol. The van der Waals surface area contributed by atoms with Gasteiger partial charge in [-0.25, -0.2) is 0 Å². The van der Waals surface area contributed by atoms with Crippen LogP contribution in [-0.4, -0.2) is 36.9 Å². The van der Waals surface area contributed by atoms with E-state index in [-0.39, 0.29) is 11.7 Å². The first-order valence-corrected chi connectivity index (χ1v) is 8.68. The number of anilines is 1. The van der Waals surface area contributed by atoms with E-state index in [0.717, 1.165) is 38.0 Å². The van der Waals surface area contributed by atoms with Crippen molar-refractivity contribution in [1.29, 1.82) is 0 Å². The third-order valence-corrected chi connectivity index (χ3v) is 5.32. The van der Waals surface area contributed by atoms with Crippen LogP contribution in [0.1, 0.15) is 25.7 Å². The first-order valence-electron chi connectivity index (χ1n) is 7.53. The smallest absolute Gasteiger partial charge is 0.162 e. The fraction of sp³-hybridized carbons (Fsp3) is 0.625. The molecule has 2 aliphatic heterocycles. The van der Waals surface area contributed by atoms with E-state index in [1.54, 1.807) is 7.11 Å². The molecule has 0 bridgehead atoms. The molecule has 3 rings (SSSR count). The Balaban J connectivity index is 1.70. The molecule has 0 amide bonds. The minimum Gasteiger partial charge on any atom is -0.493 e. The highest BCUT2D eigenvalue weighted by molar-refractivity contribution is 7.99. The summed E-state index contributed by atoms with van der Waals surface area (Å²) in [6.07, 6.45) is 4.37. The second-order valence-corrected chi connectivity index (χ2v) is 7.01. The number of hydrogen-bond acceptors (Lipinski definition) is 5. The van der Waals surface area contributed by atoms with Crippen molar-refractivity contribution in [2.24, 2.45) is 0 Å². The standard InChI is InChI=1S/C16H23NO3S/c1-18-15-10-12(17)2-3-14(15)20-13-4-7-19-16(11-13)5-8-21-9-6-16/h2-3,10,13H,4-9,11,17H2,1H3. The summed E-state index contributed by atoms with van der Waals surface area (Å²) in [7, 11) is 1.64. The summed E-state index contributed by atoms with van der Waals surface area (Å²) in [6.45, 7) is 0.784. The summed E-state index contributed by atoms with van der Waals surface area (Å²) >= 11 is 2.02. The molecule has 1 unspecified atom stereocenters. The Hall–Kier alpha value is -1.07. The van der Waals surface area contributed by atoms with Gasteiger partial charge in [-0.05, 0) is 36.5 Å². The summed E-state index contributed by atoms with van der Waals surface area (Å²) in [4.78, 5) is 0. The molecule has 4 nitrogen and oxygen atoms in total. The molecule has 1 spiro atoms. The average Bonchev–Trinajstić information content (AvgIpc) is 2.50. The number of nitrogens with two attached hydrogens (primary N) is 1. The van der Waals surface area contributed by atoms with Gasteiger partial charge in [-0.2, -0.15) is 11.8 Å². The normalized spacial score (nSPS) is 24.7. The van der Waals surface area contributed by atoms with Gasteiger partial charge in [-0.3, -0.25) is 0 Å². The van der Waals surface area contributed by atoms with E-state index in [1.165, 1.54) is 11.5 Å². The van der Waals surface area contributed by atoms with E-state index in [9.17, 15) is 0 Å². The summed E-state index contributed by atoms with van der Waals surface area (Å²) < 4.78 is 17.7. The molecule has 0 aromatic heterocycles. The number of methoxy groups -OCH3 is 1. The third kappa shape index (κ3) is 3.40. The van der Waals surface area contributed by atoms with Crippen LogP contribution in [0.4, 0.5) is 5.69 Å². The van der Waals surface area contributed by atoms with Crippen LogP contribution < -0.4 is 15.2 Å². The fourth-order valence-electron chi connectivity index (χ4n) is 3.14. The van der Waals surface area contributed by atoms with Crippen LogP contribution in [0, 0.1) is 0 Å². The largest absolute Gasteiger partial charge is 0.493 e. The van der Waals surface area contributed by atoms with E-state index >= 15 is 0 Å². The summed E-state index contributed by atoms with van der Waals surface area (Å²) in [5.74, 6) is 3.87. The van der Waals surface area contributed by atoms with E-state index in [2.05, 4.69) is 0 Å². The molecule has 0 radical (unpaired) electrons. The van der Waals surface area contributed by atoms with Crippen molar-refractivity contribution in [3.63, 3.8) is 0 Å². The minimum absolute atomic E-state index is 0.0369. The van der Waals surface area contributed by atoms with Crippen LogP contribution in [0.3, 0.4) is 0 Å². The van der Waals surface area contributed by atoms with E-state index in [1.807, 2.05) is 30.0 Å². The van der Waals surface area contributed by atoms with Gasteiger partial charge in [0.25, 0.3) is 0 Å². The second kappa shape index (κ2) is 6.36. The topological polar surface area (TPSA) is 53.7 Å². The maximum atomic E-state index is 6.19. The number of nitrogen functional groups attached to an aromatic ring is 1. The van der Waals surface area contributed by atoms with Gasteiger partial charge in [0.05, 0.1) is 19.3 Å². The Morgan fingerprint density at radius 2 is 2.10 bits per heavy atom. The highest BCUT2D eigenvalue weighted by Crippen LogP contribution is 2.39. The highest BCUT2D eigenvalue weighted by Gasteiger charge is 2.39. The molecular weight excluding hydrogens is 286 g/mol. The Bertz CT molecular complexity index is 483. The molecule has 2 fully saturated rings. The maximum absolute atomic E-state index is 6.19. The zero-order valence-corrected chi connectivity index (χ0v) is 13.3. The van der Waals surface area contributed by atoms with Gasteiger partial charge in [-0.15, -0.1) is 0 Å². The highest BCUT2D eigenvalue weighted by atomic mass is 32.2. The number of hydrogen-bond donors (Lipinski definition) is 1. The number of benzene rings is 1. The van der Waals surface area contributed by atoms with Crippen molar-refractivity contribution < 1.29 is 14.2 Å². The second-order valence-electron chi connectivity index (χ2n) is 5.79. The molecule has 5 heteroatoms. The van der Waals surface area contributed by atoms with Gasteiger partial charge in [0.15, 0.2) is 11.5 Å². The van der Waals surface area contributed by atoms with Crippen molar-refractivity contribution in [3.8, 4) is 11.5 Å². The Kier molecular flexibility index (Phi) is 4.50. The van der Waals surface area contributed by atoms with Gasteiger partial charge in [0.2, 0.25) is 0 Å². The minimum atomic E-state index is 0.0369. The molecule has 1 atom stereocenters. The zero-order valence-electron chi connectivity index (χ0n) is 12.5. The van der Waals surface area contributed by atoms with Gasteiger partial charge in [-0.1, -0.05) is 0 Å². The van der Waals surface area contributed by atoms with E-state index in [4.69, 9.17) is 19.9 Å². The molecule has 1 aromatic carbocycles. The first kappa shape index (κ1) is 14.9. The molecule has 21 heavy (non-hydrogen) atoms. The van der Waals surface area contributed by atoms with Crippen LogP contribution >= 0.6 is 11.8 Å². The number of ether oxygens (including phenoxy) is 3. The molecule has 116 valence electrons. The van der Waals surface area contributed by atoms with Gasteiger partial charge >= 0.3 is 0 Å². The maximum Gasteiger partial charge on any atom is 0.162 e. The lowest BCUT2D eigenvalue weighted by Gasteiger charge is -2.43. The fourth-order valence-corrected chi connectivity index (χ4v) is 4.37.